The van der Waals surface area contributed by atoms with E-state index in [2.05, 4.69) is 15.9 Å². The zero-order valence-electron chi connectivity index (χ0n) is 16.8. The van der Waals surface area contributed by atoms with E-state index in [-0.39, 0.29) is 19.3 Å². The van der Waals surface area contributed by atoms with Crippen LogP contribution in [0.3, 0.4) is 0 Å². The number of esters is 2. The van der Waals surface area contributed by atoms with Gasteiger partial charge in [-0.25, -0.2) is 9.59 Å². The molecule has 0 N–H and O–H groups in total. The van der Waals surface area contributed by atoms with Gasteiger partial charge in [-0.05, 0) is 45.9 Å². The Balaban J connectivity index is 2.70. The molecule has 0 unspecified atom stereocenters. The van der Waals surface area contributed by atoms with Crippen LogP contribution in [0.1, 0.15) is 39.2 Å². The van der Waals surface area contributed by atoms with Crippen molar-refractivity contribution >= 4 is 27.9 Å². The molecule has 0 amide bonds. The van der Waals surface area contributed by atoms with E-state index in [1.807, 2.05) is 30.9 Å². The fourth-order valence-corrected chi connectivity index (χ4v) is 3.39. The average Bonchev–Trinajstić information content (AvgIpc) is 2.67. The van der Waals surface area contributed by atoms with Crippen molar-refractivity contribution < 1.29 is 23.8 Å². The average molecular weight is 452 g/mol. The minimum Gasteiger partial charge on any atom is -0.496 e. The summed E-state index contributed by atoms with van der Waals surface area (Å²) in [6.07, 6.45) is 3.47. The van der Waals surface area contributed by atoms with E-state index in [0.717, 1.165) is 4.47 Å². The second kappa shape index (κ2) is 9.78. The number of ether oxygens (including phenoxy) is 3. The molecule has 0 bridgehead atoms. The van der Waals surface area contributed by atoms with Crippen LogP contribution in [0.4, 0.5) is 0 Å². The summed E-state index contributed by atoms with van der Waals surface area (Å²) in [7, 11) is 1.55. The van der Waals surface area contributed by atoms with E-state index in [0.29, 0.717) is 22.5 Å². The fourth-order valence-electron chi connectivity index (χ4n) is 3.01. The van der Waals surface area contributed by atoms with Gasteiger partial charge in [-0.2, -0.15) is 0 Å². The first-order chi connectivity index (χ1) is 13.3. The van der Waals surface area contributed by atoms with Gasteiger partial charge in [0.25, 0.3) is 0 Å². The molecule has 1 aliphatic heterocycles. The maximum Gasteiger partial charge on any atom is 0.336 e. The minimum absolute atomic E-state index is 0.0409. The van der Waals surface area contributed by atoms with Gasteiger partial charge in [0, 0.05) is 28.5 Å². The van der Waals surface area contributed by atoms with Gasteiger partial charge in [-0.1, -0.05) is 15.9 Å². The zero-order valence-corrected chi connectivity index (χ0v) is 18.4. The molecule has 0 saturated carbocycles. The van der Waals surface area contributed by atoms with Gasteiger partial charge in [-0.15, -0.1) is 0 Å². The summed E-state index contributed by atoms with van der Waals surface area (Å²) in [4.78, 5) is 27.4. The number of carbonyl (C=O) groups excluding carboxylic acids is 2. The molecular weight excluding hydrogens is 426 g/mol. The molecule has 0 saturated heterocycles. The normalized spacial score (nSPS) is 14.5. The number of carbonyl (C=O) groups is 2. The van der Waals surface area contributed by atoms with E-state index in [1.165, 1.54) is 0 Å². The molecule has 1 aromatic rings. The maximum absolute atomic E-state index is 12.8. The first-order valence-electron chi connectivity index (χ1n) is 9.22. The topological polar surface area (TPSA) is 65.1 Å². The van der Waals surface area contributed by atoms with Crippen molar-refractivity contribution in [1.29, 1.82) is 0 Å². The van der Waals surface area contributed by atoms with Gasteiger partial charge in [-0.3, -0.25) is 0 Å². The van der Waals surface area contributed by atoms with Crippen LogP contribution in [-0.2, 0) is 19.1 Å². The van der Waals surface area contributed by atoms with Gasteiger partial charge in [0.15, 0.2) is 0 Å². The Hall–Kier alpha value is -2.28. The number of hydrogen-bond acceptors (Lipinski definition) is 6. The molecule has 0 radical (unpaired) electrons. The van der Waals surface area contributed by atoms with Gasteiger partial charge >= 0.3 is 11.9 Å². The molecule has 6 nitrogen and oxygen atoms in total. The van der Waals surface area contributed by atoms with Crippen molar-refractivity contribution in [2.24, 2.45) is 0 Å². The Kier molecular flexibility index (Phi) is 7.69. The van der Waals surface area contributed by atoms with Crippen molar-refractivity contribution in [2.75, 3.05) is 20.3 Å². The van der Waals surface area contributed by atoms with Gasteiger partial charge in [0.2, 0.25) is 0 Å². The summed E-state index contributed by atoms with van der Waals surface area (Å²) < 4.78 is 16.9. The van der Waals surface area contributed by atoms with Crippen molar-refractivity contribution in [3.8, 4) is 5.75 Å². The van der Waals surface area contributed by atoms with Gasteiger partial charge in [0.05, 0.1) is 37.4 Å². The van der Waals surface area contributed by atoms with Crippen LogP contribution in [-0.4, -0.2) is 43.2 Å². The van der Waals surface area contributed by atoms with E-state index in [1.54, 1.807) is 39.4 Å². The lowest BCUT2D eigenvalue weighted by Crippen LogP contribution is -2.32. The summed E-state index contributed by atoms with van der Waals surface area (Å²) >= 11 is 3.47. The molecule has 0 spiro atoms. The highest BCUT2D eigenvalue weighted by Gasteiger charge is 2.37. The smallest absolute Gasteiger partial charge is 0.336 e. The minimum atomic E-state index is -0.666. The lowest BCUT2D eigenvalue weighted by atomic mass is 9.82. The summed E-state index contributed by atoms with van der Waals surface area (Å²) in [6.45, 7) is 7.91. The van der Waals surface area contributed by atoms with E-state index in [4.69, 9.17) is 14.2 Å². The third-order valence-electron chi connectivity index (χ3n) is 4.32. The third kappa shape index (κ3) is 4.76. The number of benzene rings is 1. The molecule has 1 aliphatic rings. The number of methoxy groups -OCH3 is 1. The largest absolute Gasteiger partial charge is 0.496 e. The molecule has 2 rings (SSSR count). The lowest BCUT2D eigenvalue weighted by molar-refractivity contribution is -0.139. The molecule has 0 aromatic heterocycles. The summed E-state index contributed by atoms with van der Waals surface area (Å²) in [6, 6.07) is 5.51. The number of hydrogen-bond donors (Lipinski definition) is 0. The van der Waals surface area contributed by atoms with Crippen molar-refractivity contribution in [3.05, 3.63) is 51.8 Å². The number of halogens is 1. The summed E-state index contributed by atoms with van der Waals surface area (Å²) in [5.41, 5.74) is 1.40. The molecule has 0 fully saturated rings. The first-order valence-corrected chi connectivity index (χ1v) is 10.0. The Morgan fingerprint density at radius 2 is 1.61 bits per heavy atom. The Morgan fingerprint density at radius 1 is 1.07 bits per heavy atom. The van der Waals surface area contributed by atoms with Gasteiger partial charge in [0.1, 0.15) is 5.75 Å². The van der Waals surface area contributed by atoms with E-state index in [9.17, 15) is 9.59 Å². The highest BCUT2D eigenvalue weighted by Crippen LogP contribution is 2.42. The second-order valence-electron chi connectivity index (χ2n) is 6.47. The Labute approximate surface area is 174 Å². The van der Waals surface area contributed by atoms with Crippen LogP contribution < -0.4 is 4.74 Å². The standard InChI is InChI=1S/C21H26BrNO5/c1-6-27-20(24)16-11-23(13(3)4)12-17(21(25)28-7-2)19(16)15-10-14(22)8-9-18(15)26-5/h8-13,19H,6-7H2,1-5H3. The van der Waals surface area contributed by atoms with E-state index < -0.39 is 17.9 Å². The van der Waals surface area contributed by atoms with Crippen molar-refractivity contribution in [2.45, 2.75) is 39.7 Å². The SMILES string of the molecule is CCOC(=O)C1=CN(C(C)C)C=C(C(=O)OCC)C1c1cc(Br)ccc1OC. The van der Waals surface area contributed by atoms with Crippen molar-refractivity contribution in [3.63, 3.8) is 0 Å². The third-order valence-corrected chi connectivity index (χ3v) is 4.81. The Morgan fingerprint density at radius 3 is 2.04 bits per heavy atom. The molecular formula is C21H26BrNO5. The molecule has 152 valence electrons. The second-order valence-corrected chi connectivity index (χ2v) is 7.39. The number of nitrogens with zero attached hydrogens (tertiary/aromatic N) is 1. The molecule has 0 aliphatic carbocycles. The Bertz CT molecular complexity index is 764. The lowest BCUT2D eigenvalue weighted by Gasteiger charge is -2.33. The van der Waals surface area contributed by atoms with Crippen LogP contribution in [0, 0.1) is 0 Å². The highest BCUT2D eigenvalue weighted by atomic mass is 79.9. The van der Waals surface area contributed by atoms with E-state index >= 15 is 0 Å². The van der Waals surface area contributed by atoms with Gasteiger partial charge < -0.3 is 19.1 Å². The summed E-state index contributed by atoms with van der Waals surface area (Å²) in [5.74, 6) is -1.05. The van der Waals surface area contributed by atoms with Crippen LogP contribution >= 0.6 is 15.9 Å². The molecule has 1 heterocycles. The van der Waals surface area contributed by atoms with Crippen LogP contribution in [0.5, 0.6) is 5.75 Å². The maximum atomic E-state index is 12.8. The highest BCUT2D eigenvalue weighted by molar-refractivity contribution is 9.10. The number of rotatable bonds is 7. The predicted octanol–water partition coefficient (Wildman–Crippen LogP) is 4.16. The summed E-state index contributed by atoms with van der Waals surface area (Å²) in [5, 5.41) is 0. The van der Waals surface area contributed by atoms with Crippen LogP contribution in [0.15, 0.2) is 46.2 Å². The van der Waals surface area contributed by atoms with Crippen LogP contribution in [0.2, 0.25) is 0 Å². The fraction of sp³-hybridized carbons (Fsp3) is 0.429. The van der Waals surface area contributed by atoms with Crippen LogP contribution in [0.25, 0.3) is 0 Å². The van der Waals surface area contributed by atoms with Crippen molar-refractivity contribution in [1.82, 2.24) is 4.90 Å². The monoisotopic (exact) mass is 451 g/mol. The molecule has 28 heavy (non-hydrogen) atoms. The predicted molar refractivity (Wildman–Crippen MR) is 110 cm³/mol. The zero-order chi connectivity index (χ0) is 20.8. The molecule has 1 aromatic carbocycles. The molecule has 7 heteroatoms. The first kappa shape index (κ1) is 22.0. The molecule has 0 atom stereocenters. The quantitative estimate of drug-likeness (QED) is 0.579.